The van der Waals surface area contributed by atoms with Gasteiger partial charge in [0.25, 0.3) is 0 Å². The van der Waals surface area contributed by atoms with Gasteiger partial charge in [-0.2, -0.15) is 5.10 Å². The van der Waals surface area contributed by atoms with Crippen LogP contribution in [0.1, 0.15) is 0 Å². The highest BCUT2D eigenvalue weighted by atomic mass is 16.2. The smallest absolute Gasteiger partial charge is 0.274 e. The van der Waals surface area contributed by atoms with Crippen molar-refractivity contribution in [1.29, 1.82) is 0 Å². The summed E-state index contributed by atoms with van der Waals surface area (Å²) in [4.78, 5) is 11.0. The molecule has 62 valence electrons. The summed E-state index contributed by atoms with van der Waals surface area (Å²) < 4.78 is 2.66. The quantitative estimate of drug-likeness (QED) is 0.570. The van der Waals surface area contributed by atoms with Crippen molar-refractivity contribution in [2.75, 3.05) is 0 Å². The molecule has 12 heavy (non-hydrogen) atoms. The fourth-order valence-electron chi connectivity index (χ4n) is 0.863. The molecule has 0 aromatic carbocycles. The summed E-state index contributed by atoms with van der Waals surface area (Å²) >= 11 is 0. The van der Waals surface area contributed by atoms with Crippen LogP contribution in [0.3, 0.4) is 0 Å². The average molecular weight is 166 g/mol. The SMILES string of the molecule is Cn1ccc(-n2nn[nH]c2=O)n1. The Balaban J connectivity index is 2.58. The Labute approximate surface area is 66.6 Å². The topological polar surface area (TPSA) is 81.4 Å². The third-order valence-electron chi connectivity index (χ3n) is 1.39. The molecular weight excluding hydrogens is 160 g/mol. The first-order valence-corrected chi connectivity index (χ1v) is 3.28. The standard InChI is InChI=1S/C5H6N6O/c1-10-3-2-4(7-10)11-5(12)6-8-9-11/h2-3H,1H3,(H,6,9,12). The van der Waals surface area contributed by atoms with Gasteiger partial charge in [-0.05, 0) is 10.4 Å². The van der Waals surface area contributed by atoms with Gasteiger partial charge in [-0.1, -0.05) is 0 Å². The number of rotatable bonds is 1. The second-order valence-electron chi connectivity index (χ2n) is 2.27. The van der Waals surface area contributed by atoms with Crippen molar-refractivity contribution in [3.63, 3.8) is 0 Å². The van der Waals surface area contributed by atoms with Crippen molar-refractivity contribution in [3.8, 4) is 5.82 Å². The van der Waals surface area contributed by atoms with Crippen molar-refractivity contribution >= 4 is 0 Å². The van der Waals surface area contributed by atoms with Gasteiger partial charge in [0.1, 0.15) is 0 Å². The predicted molar refractivity (Wildman–Crippen MR) is 38.7 cm³/mol. The minimum atomic E-state index is -0.395. The Kier molecular flexibility index (Phi) is 1.29. The fourth-order valence-corrected chi connectivity index (χ4v) is 0.863. The maximum Gasteiger partial charge on any atom is 0.367 e. The summed E-state index contributed by atoms with van der Waals surface area (Å²) in [5.41, 5.74) is -0.395. The van der Waals surface area contributed by atoms with E-state index in [0.29, 0.717) is 5.82 Å². The molecule has 0 unspecified atom stereocenters. The van der Waals surface area contributed by atoms with Crippen LogP contribution in [0.2, 0.25) is 0 Å². The molecule has 0 fully saturated rings. The molecule has 2 rings (SSSR count). The van der Waals surface area contributed by atoms with Gasteiger partial charge in [0.15, 0.2) is 5.82 Å². The summed E-state index contributed by atoms with van der Waals surface area (Å²) in [5.74, 6) is 0.455. The van der Waals surface area contributed by atoms with E-state index in [9.17, 15) is 4.79 Å². The lowest BCUT2D eigenvalue weighted by Gasteiger charge is -1.88. The zero-order valence-electron chi connectivity index (χ0n) is 6.30. The van der Waals surface area contributed by atoms with Crippen LogP contribution in [0.25, 0.3) is 5.82 Å². The first kappa shape index (κ1) is 6.77. The normalized spacial score (nSPS) is 10.4. The van der Waals surface area contributed by atoms with Gasteiger partial charge in [0.05, 0.1) is 0 Å². The molecule has 7 heteroatoms. The highest BCUT2D eigenvalue weighted by Gasteiger charge is 2.04. The number of nitrogens with zero attached hydrogens (tertiary/aromatic N) is 5. The van der Waals surface area contributed by atoms with E-state index in [1.807, 2.05) is 0 Å². The molecule has 1 N–H and O–H groups in total. The van der Waals surface area contributed by atoms with E-state index < -0.39 is 5.69 Å². The number of aromatic nitrogens is 6. The van der Waals surface area contributed by atoms with Crippen molar-refractivity contribution in [3.05, 3.63) is 22.7 Å². The number of aryl methyl sites for hydroxylation is 1. The molecule has 0 aliphatic rings. The largest absolute Gasteiger partial charge is 0.367 e. The van der Waals surface area contributed by atoms with Gasteiger partial charge in [-0.25, -0.2) is 9.89 Å². The number of hydrogen-bond acceptors (Lipinski definition) is 4. The zero-order chi connectivity index (χ0) is 8.55. The van der Waals surface area contributed by atoms with Crippen LogP contribution in [-0.4, -0.2) is 30.0 Å². The number of tetrazole rings is 1. The Morgan fingerprint density at radius 1 is 1.58 bits per heavy atom. The van der Waals surface area contributed by atoms with Crippen LogP contribution in [-0.2, 0) is 7.05 Å². The molecule has 7 nitrogen and oxygen atoms in total. The molecule has 0 saturated heterocycles. The van der Waals surface area contributed by atoms with Crippen LogP contribution in [0.15, 0.2) is 17.1 Å². The molecule has 0 bridgehead atoms. The molecule has 0 saturated carbocycles. The molecule has 0 atom stereocenters. The van der Waals surface area contributed by atoms with Crippen molar-refractivity contribution in [2.45, 2.75) is 0 Å². The second-order valence-corrected chi connectivity index (χ2v) is 2.27. The lowest BCUT2D eigenvalue weighted by atomic mass is 10.6. The predicted octanol–water partition coefficient (Wildman–Crippen LogP) is -1.31. The number of aromatic amines is 1. The van der Waals surface area contributed by atoms with Gasteiger partial charge in [0, 0.05) is 19.3 Å². The van der Waals surface area contributed by atoms with Crippen LogP contribution in [0.5, 0.6) is 0 Å². The Hall–Kier alpha value is -1.92. The highest BCUT2D eigenvalue weighted by Crippen LogP contribution is 1.94. The van der Waals surface area contributed by atoms with Gasteiger partial charge in [-0.15, -0.1) is 4.68 Å². The second kappa shape index (κ2) is 2.29. The summed E-state index contributed by atoms with van der Waals surface area (Å²) in [6.07, 6.45) is 1.72. The first-order valence-electron chi connectivity index (χ1n) is 3.28. The first-order chi connectivity index (χ1) is 5.77. The maximum atomic E-state index is 11.0. The van der Waals surface area contributed by atoms with Crippen LogP contribution in [0.4, 0.5) is 0 Å². The van der Waals surface area contributed by atoms with Crippen LogP contribution >= 0.6 is 0 Å². The van der Waals surface area contributed by atoms with Crippen LogP contribution < -0.4 is 5.69 Å². The molecule has 0 aliphatic carbocycles. The number of hydrogen-bond donors (Lipinski definition) is 1. The molecule has 2 aromatic heterocycles. The summed E-state index contributed by atoms with van der Waals surface area (Å²) in [5, 5.41) is 13.0. The van der Waals surface area contributed by atoms with E-state index in [0.717, 1.165) is 4.68 Å². The molecule has 0 amide bonds. The van der Waals surface area contributed by atoms with E-state index in [1.54, 1.807) is 24.0 Å². The minimum Gasteiger partial charge on any atom is -0.274 e. The Morgan fingerprint density at radius 3 is 2.92 bits per heavy atom. The maximum absolute atomic E-state index is 11.0. The molecule has 2 heterocycles. The summed E-state index contributed by atoms with van der Waals surface area (Å²) in [6.45, 7) is 0. The van der Waals surface area contributed by atoms with Gasteiger partial charge in [0.2, 0.25) is 0 Å². The summed E-state index contributed by atoms with van der Waals surface area (Å²) in [7, 11) is 1.76. The Morgan fingerprint density at radius 2 is 2.42 bits per heavy atom. The fraction of sp³-hybridized carbons (Fsp3) is 0.200. The highest BCUT2D eigenvalue weighted by molar-refractivity contribution is 5.15. The lowest BCUT2D eigenvalue weighted by molar-refractivity contribution is 0.706. The number of nitrogens with one attached hydrogen (secondary N) is 1. The molecule has 0 spiro atoms. The van der Waals surface area contributed by atoms with Gasteiger partial charge in [-0.3, -0.25) is 4.68 Å². The Bertz CT molecular complexity index is 436. The zero-order valence-corrected chi connectivity index (χ0v) is 6.30. The van der Waals surface area contributed by atoms with Crippen molar-refractivity contribution < 1.29 is 0 Å². The van der Waals surface area contributed by atoms with E-state index in [4.69, 9.17) is 0 Å². The van der Waals surface area contributed by atoms with Gasteiger partial charge < -0.3 is 0 Å². The molecule has 0 aliphatic heterocycles. The third kappa shape index (κ3) is 0.911. The third-order valence-corrected chi connectivity index (χ3v) is 1.39. The van der Waals surface area contributed by atoms with E-state index in [1.165, 1.54) is 0 Å². The van der Waals surface area contributed by atoms with Crippen molar-refractivity contribution in [1.82, 2.24) is 30.0 Å². The van der Waals surface area contributed by atoms with E-state index in [2.05, 4.69) is 20.6 Å². The van der Waals surface area contributed by atoms with E-state index in [-0.39, 0.29) is 0 Å². The minimum absolute atomic E-state index is 0.395. The summed E-state index contributed by atoms with van der Waals surface area (Å²) in [6, 6.07) is 1.67. The monoisotopic (exact) mass is 166 g/mol. The number of H-pyrrole nitrogens is 1. The van der Waals surface area contributed by atoms with Gasteiger partial charge >= 0.3 is 5.69 Å². The molecule has 0 radical (unpaired) electrons. The average Bonchev–Trinajstić information content (AvgIpc) is 2.58. The lowest BCUT2D eigenvalue weighted by Crippen LogP contribution is -2.16. The van der Waals surface area contributed by atoms with E-state index >= 15 is 0 Å². The molecule has 2 aromatic rings. The van der Waals surface area contributed by atoms with Crippen LogP contribution in [0, 0.1) is 0 Å². The molecular formula is C5H6N6O. The van der Waals surface area contributed by atoms with Crippen molar-refractivity contribution in [2.24, 2.45) is 7.05 Å².